The molecule has 0 heterocycles. The maximum absolute atomic E-state index is 13.0. The summed E-state index contributed by atoms with van der Waals surface area (Å²) in [5.41, 5.74) is -0.940. The van der Waals surface area contributed by atoms with E-state index in [0.717, 1.165) is 12.1 Å². The Bertz CT molecular complexity index is 576. The van der Waals surface area contributed by atoms with Crippen molar-refractivity contribution in [3.05, 3.63) is 35.9 Å². The summed E-state index contributed by atoms with van der Waals surface area (Å²) >= 11 is 0. The second-order valence-electron chi connectivity index (χ2n) is 4.38. The van der Waals surface area contributed by atoms with Gasteiger partial charge >= 0.3 is 30.2 Å². The summed E-state index contributed by atoms with van der Waals surface area (Å²) in [6.07, 6.45) is -15.8. The highest BCUT2D eigenvalue weighted by Crippen LogP contribution is 2.48. The van der Waals surface area contributed by atoms with Gasteiger partial charge in [-0.15, -0.1) is 0 Å². The fourth-order valence-electron chi connectivity index (χ4n) is 1.44. The van der Waals surface area contributed by atoms with Crippen LogP contribution in [0.4, 0.5) is 43.9 Å². The molecule has 0 aliphatic heterocycles. The van der Waals surface area contributed by atoms with E-state index in [1.807, 2.05) is 0 Å². The van der Waals surface area contributed by atoms with Crippen LogP contribution in [0.25, 0.3) is 0 Å². The summed E-state index contributed by atoms with van der Waals surface area (Å²) in [5.74, 6) is -17.1. The van der Waals surface area contributed by atoms with Gasteiger partial charge in [0.05, 0.1) is 0 Å². The SMILES string of the molecule is O=C(OC(c1ccccc1)C(F)(F)F)C(F)(F)C(F)(F)C(F)(F)F. The molecule has 1 atom stereocenters. The molecule has 0 radical (unpaired) electrons. The minimum atomic E-state index is -6.91. The van der Waals surface area contributed by atoms with Crippen molar-refractivity contribution >= 4 is 5.97 Å². The average molecular weight is 372 g/mol. The van der Waals surface area contributed by atoms with Crippen LogP contribution in [0.5, 0.6) is 0 Å². The van der Waals surface area contributed by atoms with Crippen molar-refractivity contribution in [2.75, 3.05) is 0 Å². The average Bonchev–Trinajstić information content (AvgIpc) is 2.42. The monoisotopic (exact) mass is 372 g/mol. The third kappa shape index (κ3) is 3.73. The van der Waals surface area contributed by atoms with E-state index in [0.29, 0.717) is 12.1 Å². The van der Waals surface area contributed by atoms with Gasteiger partial charge in [0.15, 0.2) is 0 Å². The van der Waals surface area contributed by atoms with Gasteiger partial charge in [-0.1, -0.05) is 30.3 Å². The highest BCUT2D eigenvalue weighted by Gasteiger charge is 2.77. The van der Waals surface area contributed by atoms with E-state index in [1.165, 1.54) is 6.07 Å². The van der Waals surface area contributed by atoms with Gasteiger partial charge in [-0.25, -0.2) is 4.79 Å². The molecule has 24 heavy (non-hydrogen) atoms. The maximum Gasteiger partial charge on any atom is 0.460 e. The van der Waals surface area contributed by atoms with E-state index in [1.54, 1.807) is 0 Å². The third-order valence-corrected chi connectivity index (χ3v) is 2.63. The molecule has 1 unspecified atom stereocenters. The number of hydrogen-bond acceptors (Lipinski definition) is 2. The Morgan fingerprint density at radius 1 is 0.833 bits per heavy atom. The third-order valence-electron chi connectivity index (χ3n) is 2.63. The van der Waals surface area contributed by atoms with Gasteiger partial charge < -0.3 is 4.74 Å². The summed E-state index contributed by atoms with van der Waals surface area (Å²) in [6.45, 7) is 0. The Kier molecular flexibility index (Phi) is 5.12. The summed E-state index contributed by atoms with van der Waals surface area (Å²) < 4.78 is 129. The summed E-state index contributed by atoms with van der Waals surface area (Å²) in [7, 11) is 0. The molecule has 0 aliphatic rings. The van der Waals surface area contributed by atoms with Crippen LogP contribution in [0.2, 0.25) is 0 Å². The summed E-state index contributed by atoms with van der Waals surface area (Å²) in [6, 6.07) is 4.47. The first-order valence-corrected chi connectivity index (χ1v) is 5.77. The highest BCUT2D eigenvalue weighted by atomic mass is 19.4. The number of carbonyl (C=O) groups excluding carboxylic acids is 1. The van der Waals surface area contributed by atoms with E-state index in [2.05, 4.69) is 4.74 Å². The predicted octanol–water partition coefficient (Wildman–Crippen LogP) is 4.67. The first-order chi connectivity index (χ1) is 10.6. The van der Waals surface area contributed by atoms with Gasteiger partial charge in [0.25, 0.3) is 0 Å². The van der Waals surface area contributed by atoms with E-state index in [4.69, 9.17) is 0 Å². The zero-order valence-corrected chi connectivity index (χ0v) is 11.1. The van der Waals surface area contributed by atoms with Crippen LogP contribution in [0.3, 0.4) is 0 Å². The lowest BCUT2D eigenvalue weighted by atomic mass is 10.1. The molecule has 0 spiro atoms. The summed E-state index contributed by atoms with van der Waals surface area (Å²) in [5, 5.41) is 0. The van der Waals surface area contributed by atoms with Crippen molar-refractivity contribution in [1.29, 1.82) is 0 Å². The molecule has 2 nitrogen and oxygen atoms in total. The summed E-state index contributed by atoms with van der Waals surface area (Å²) in [4.78, 5) is 10.9. The topological polar surface area (TPSA) is 26.3 Å². The van der Waals surface area contributed by atoms with Crippen LogP contribution >= 0.6 is 0 Å². The van der Waals surface area contributed by atoms with Gasteiger partial charge in [-0.3, -0.25) is 0 Å². The molecule has 0 aliphatic carbocycles. The van der Waals surface area contributed by atoms with E-state index < -0.39 is 41.8 Å². The number of hydrogen-bond donors (Lipinski definition) is 0. The molecule has 1 rings (SSSR count). The Balaban J connectivity index is 3.18. The fraction of sp³-hybridized carbons (Fsp3) is 0.417. The normalized spacial score (nSPS) is 15.1. The first kappa shape index (κ1) is 20.0. The number of esters is 1. The van der Waals surface area contributed by atoms with Crippen LogP contribution in [-0.2, 0) is 9.53 Å². The van der Waals surface area contributed by atoms with E-state index in [-0.39, 0.29) is 0 Å². The predicted molar refractivity (Wildman–Crippen MR) is 57.3 cm³/mol. The molecule has 0 aromatic heterocycles. The number of halogens is 10. The number of ether oxygens (including phenoxy) is 1. The van der Waals surface area contributed by atoms with Crippen molar-refractivity contribution in [2.24, 2.45) is 0 Å². The molecule has 0 saturated heterocycles. The second-order valence-corrected chi connectivity index (χ2v) is 4.38. The van der Waals surface area contributed by atoms with Crippen molar-refractivity contribution in [1.82, 2.24) is 0 Å². The molecule has 12 heteroatoms. The molecule has 1 aromatic carbocycles. The molecule has 0 bridgehead atoms. The second kappa shape index (κ2) is 6.13. The smallest absolute Gasteiger partial charge is 0.443 e. The van der Waals surface area contributed by atoms with Crippen molar-refractivity contribution < 1.29 is 53.4 Å². The molecule has 0 amide bonds. The van der Waals surface area contributed by atoms with Crippen molar-refractivity contribution in [3.8, 4) is 0 Å². The number of carbonyl (C=O) groups is 1. The molecule has 0 saturated carbocycles. The standard InChI is InChI=1S/C12H6F10O2/c13-9(14,11(18,19)12(20,21)22)8(23)24-7(10(15,16)17)6-4-2-1-3-5-6/h1-5,7H. The quantitative estimate of drug-likeness (QED) is 0.568. The largest absolute Gasteiger partial charge is 0.460 e. The minimum Gasteiger partial charge on any atom is -0.443 e. The lowest BCUT2D eigenvalue weighted by molar-refractivity contribution is -0.351. The molecule has 0 N–H and O–H groups in total. The minimum absolute atomic E-state index is 0.658. The molecular formula is C12H6F10O2. The molecular weight excluding hydrogens is 366 g/mol. The van der Waals surface area contributed by atoms with Crippen molar-refractivity contribution in [2.45, 2.75) is 30.3 Å². The van der Waals surface area contributed by atoms with Crippen LogP contribution in [0, 0.1) is 0 Å². The Labute approximate surface area is 127 Å². The van der Waals surface area contributed by atoms with Crippen LogP contribution in [0.1, 0.15) is 11.7 Å². The van der Waals surface area contributed by atoms with Crippen LogP contribution in [0.15, 0.2) is 30.3 Å². The fourth-order valence-corrected chi connectivity index (χ4v) is 1.44. The highest BCUT2D eigenvalue weighted by molar-refractivity contribution is 5.79. The van der Waals surface area contributed by atoms with Crippen LogP contribution in [-0.4, -0.2) is 30.2 Å². The zero-order valence-electron chi connectivity index (χ0n) is 11.1. The molecule has 1 aromatic rings. The van der Waals surface area contributed by atoms with E-state index in [9.17, 15) is 48.7 Å². The lowest BCUT2D eigenvalue weighted by Crippen LogP contribution is -2.57. The Morgan fingerprint density at radius 2 is 1.29 bits per heavy atom. The van der Waals surface area contributed by atoms with Crippen LogP contribution < -0.4 is 0 Å². The molecule has 136 valence electrons. The zero-order chi connectivity index (χ0) is 19.0. The Morgan fingerprint density at radius 3 is 1.67 bits per heavy atom. The van der Waals surface area contributed by atoms with Gasteiger partial charge in [0.1, 0.15) is 0 Å². The van der Waals surface area contributed by atoms with Gasteiger partial charge in [-0.05, 0) is 0 Å². The number of alkyl halides is 10. The van der Waals surface area contributed by atoms with Gasteiger partial charge in [0.2, 0.25) is 6.10 Å². The molecule has 0 fully saturated rings. The van der Waals surface area contributed by atoms with E-state index >= 15 is 0 Å². The number of rotatable bonds is 4. The number of benzene rings is 1. The maximum atomic E-state index is 13.0. The Hall–Kier alpha value is -2.01. The first-order valence-electron chi connectivity index (χ1n) is 5.77. The lowest BCUT2D eigenvalue weighted by Gasteiger charge is -2.28. The van der Waals surface area contributed by atoms with Gasteiger partial charge in [0, 0.05) is 5.56 Å². The van der Waals surface area contributed by atoms with Gasteiger partial charge in [-0.2, -0.15) is 43.9 Å². The van der Waals surface area contributed by atoms with Crippen molar-refractivity contribution in [3.63, 3.8) is 0 Å².